The second-order valence-corrected chi connectivity index (χ2v) is 5.12. The van der Waals surface area contributed by atoms with Crippen molar-refractivity contribution in [3.8, 4) is 0 Å². The lowest BCUT2D eigenvalue weighted by atomic mass is 10.1. The Bertz CT molecular complexity index is 845. The van der Waals surface area contributed by atoms with Crippen molar-refractivity contribution in [3.63, 3.8) is 0 Å². The van der Waals surface area contributed by atoms with Crippen LogP contribution in [0.2, 0.25) is 5.15 Å². The zero-order valence-corrected chi connectivity index (χ0v) is 12.1. The fourth-order valence-corrected chi connectivity index (χ4v) is 2.44. The van der Waals surface area contributed by atoms with Crippen LogP contribution in [-0.2, 0) is 6.42 Å². The maximum Gasteiger partial charge on any atom is 0.198 e. The summed E-state index contributed by atoms with van der Waals surface area (Å²) in [6.07, 6.45) is 0.188. The van der Waals surface area contributed by atoms with E-state index in [0.717, 1.165) is 17.5 Å². The molecule has 0 N–H and O–H groups in total. The summed E-state index contributed by atoms with van der Waals surface area (Å²) in [5, 5.41) is 8.28. The number of hydrogen-bond donors (Lipinski definition) is 0. The highest BCUT2D eigenvalue weighted by molar-refractivity contribution is 6.32. The van der Waals surface area contributed by atoms with Gasteiger partial charge in [0.1, 0.15) is 17.5 Å². The van der Waals surface area contributed by atoms with Gasteiger partial charge >= 0.3 is 0 Å². The van der Waals surface area contributed by atoms with Crippen LogP contribution in [0, 0.1) is 25.5 Å². The molecule has 0 fully saturated rings. The molecule has 0 radical (unpaired) electrons. The molecule has 0 spiro atoms. The van der Waals surface area contributed by atoms with Crippen molar-refractivity contribution >= 4 is 17.2 Å². The molecule has 7 heteroatoms. The lowest BCUT2D eigenvalue weighted by Gasteiger charge is -2.07. The first kappa shape index (κ1) is 13.9. The Morgan fingerprint density at radius 3 is 2.67 bits per heavy atom. The smallest absolute Gasteiger partial charge is 0.198 e. The van der Waals surface area contributed by atoms with Gasteiger partial charge in [0.25, 0.3) is 0 Å². The molecule has 0 atom stereocenters. The Labute approximate surface area is 124 Å². The highest BCUT2D eigenvalue weighted by Crippen LogP contribution is 2.20. The number of fused-ring (bicyclic) bond motifs is 1. The monoisotopic (exact) mass is 308 g/mol. The summed E-state index contributed by atoms with van der Waals surface area (Å²) < 4.78 is 28.5. The average molecular weight is 309 g/mol. The van der Waals surface area contributed by atoms with Crippen LogP contribution in [0.15, 0.2) is 18.2 Å². The van der Waals surface area contributed by atoms with Crippen LogP contribution < -0.4 is 0 Å². The van der Waals surface area contributed by atoms with Gasteiger partial charge in [-0.15, -0.1) is 10.2 Å². The predicted molar refractivity (Wildman–Crippen MR) is 74.4 cm³/mol. The van der Waals surface area contributed by atoms with Crippen molar-refractivity contribution in [2.75, 3.05) is 0 Å². The summed E-state index contributed by atoms with van der Waals surface area (Å²) in [4.78, 5) is 4.17. The summed E-state index contributed by atoms with van der Waals surface area (Å²) >= 11 is 6.04. The first-order valence-corrected chi connectivity index (χ1v) is 6.66. The van der Waals surface area contributed by atoms with Gasteiger partial charge in [0.15, 0.2) is 10.8 Å². The van der Waals surface area contributed by atoms with Gasteiger partial charge in [0.05, 0.1) is 5.69 Å². The molecule has 0 bridgehead atoms. The molecule has 0 aliphatic carbocycles. The van der Waals surface area contributed by atoms with E-state index >= 15 is 0 Å². The van der Waals surface area contributed by atoms with Crippen LogP contribution in [0.3, 0.4) is 0 Å². The Balaban J connectivity index is 2.13. The standard InChI is InChI=1S/C14H11ClF2N4/c1-7-8(2)21-12(19-20-14(21)13(15)18-7)5-9-3-4-10(16)6-11(9)17/h3-4,6H,5H2,1-2H3. The zero-order chi connectivity index (χ0) is 15.1. The topological polar surface area (TPSA) is 43.1 Å². The van der Waals surface area contributed by atoms with E-state index in [-0.39, 0.29) is 11.6 Å². The van der Waals surface area contributed by atoms with E-state index in [0.29, 0.717) is 17.0 Å². The van der Waals surface area contributed by atoms with Crippen LogP contribution >= 0.6 is 11.6 Å². The molecule has 21 heavy (non-hydrogen) atoms. The number of aryl methyl sites for hydroxylation is 2. The summed E-state index contributed by atoms with van der Waals surface area (Å²) in [6, 6.07) is 3.47. The lowest BCUT2D eigenvalue weighted by Crippen LogP contribution is -2.05. The average Bonchev–Trinajstić information content (AvgIpc) is 2.84. The quantitative estimate of drug-likeness (QED) is 0.730. The molecule has 3 aromatic rings. The maximum atomic E-state index is 13.8. The molecule has 0 saturated heterocycles. The number of halogens is 3. The van der Waals surface area contributed by atoms with E-state index in [2.05, 4.69) is 15.2 Å². The SMILES string of the molecule is Cc1nc(Cl)c2nnc(Cc3ccc(F)cc3F)n2c1C. The van der Waals surface area contributed by atoms with Crippen molar-refractivity contribution < 1.29 is 8.78 Å². The Morgan fingerprint density at radius 1 is 1.19 bits per heavy atom. The number of nitrogens with zero attached hydrogens (tertiary/aromatic N) is 4. The van der Waals surface area contributed by atoms with Crippen molar-refractivity contribution in [1.29, 1.82) is 0 Å². The first-order chi connectivity index (χ1) is 9.97. The molecule has 2 heterocycles. The molecule has 2 aromatic heterocycles. The lowest BCUT2D eigenvalue weighted by molar-refractivity contribution is 0.573. The van der Waals surface area contributed by atoms with E-state index in [1.807, 2.05) is 13.8 Å². The molecule has 0 aliphatic rings. The number of rotatable bonds is 2. The summed E-state index contributed by atoms with van der Waals surface area (Å²) in [5.41, 5.74) is 2.35. The third-order valence-corrected chi connectivity index (χ3v) is 3.66. The molecule has 1 aromatic carbocycles. The molecule has 0 unspecified atom stereocenters. The fraction of sp³-hybridized carbons (Fsp3) is 0.214. The van der Waals surface area contributed by atoms with Crippen molar-refractivity contribution in [3.05, 3.63) is 57.8 Å². The largest absolute Gasteiger partial charge is 0.279 e. The van der Waals surface area contributed by atoms with Crippen LogP contribution in [0.1, 0.15) is 22.8 Å². The highest BCUT2D eigenvalue weighted by atomic mass is 35.5. The minimum Gasteiger partial charge on any atom is -0.279 e. The van der Waals surface area contributed by atoms with Crippen LogP contribution in [0.5, 0.6) is 0 Å². The molecular formula is C14H11ClF2N4. The summed E-state index contributed by atoms with van der Waals surface area (Å²) in [6.45, 7) is 3.68. The van der Waals surface area contributed by atoms with Gasteiger partial charge in [-0.1, -0.05) is 17.7 Å². The van der Waals surface area contributed by atoms with Gasteiger partial charge in [-0.05, 0) is 25.5 Å². The maximum absolute atomic E-state index is 13.8. The minimum atomic E-state index is -0.610. The van der Waals surface area contributed by atoms with Crippen LogP contribution in [0.25, 0.3) is 5.65 Å². The fourth-order valence-electron chi connectivity index (χ4n) is 2.19. The van der Waals surface area contributed by atoms with E-state index < -0.39 is 11.6 Å². The predicted octanol–water partition coefficient (Wildman–Crippen LogP) is 3.26. The first-order valence-electron chi connectivity index (χ1n) is 6.28. The van der Waals surface area contributed by atoms with Crippen molar-refractivity contribution in [2.24, 2.45) is 0 Å². The molecule has 0 saturated carbocycles. The van der Waals surface area contributed by atoms with E-state index in [1.165, 1.54) is 12.1 Å². The molecule has 0 amide bonds. The van der Waals surface area contributed by atoms with Gasteiger partial charge in [-0.25, -0.2) is 13.8 Å². The van der Waals surface area contributed by atoms with E-state index in [9.17, 15) is 8.78 Å². The Morgan fingerprint density at radius 2 is 1.95 bits per heavy atom. The summed E-state index contributed by atoms with van der Waals surface area (Å²) in [7, 11) is 0. The Hall–Kier alpha value is -2.08. The molecule has 3 rings (SSSR count). The number of aromatic nitrogens is 4. The van der Waals surface area contributed by atoms with E-state index in [1.54, 1.807) is 4.40 Å². The normalized spacial score (nSPS) is 11.3. The van der Waals surface area contributed by atoms with Gasteiger partial charge in [-0.2, -0.15) is 0 Å². The molecule has 4 nitrogen and oxygen atoms in total. The van der Waals surface area contributed by atoms with Gasteiger partial charge in [0, 0.05) is 18.2 Å². The third kappa shape index (κ3) is 2.35. The van der Waals surface area contributed by atoms with Gasteiger partial charge in [0.2, 0.25) is 0 Å². The highest BCUT2D eigenvalue weighted by Gasteiger charge is 2.16. The minimum absolute atomic E-state index is 0.188. The zero-order valence-electron chi connectivity index (χ0n) is 11.4. The molecular weight excluding hydrogens is 298 g/mol. The third-order valence-electron chi connectivity index (χ3n) is 3.40. The van der Waals surface area contributed by atoms with Crippen molar-refractivity contribution in [1.82, 2.24) is 19.6 Å². The summed E-state index contributed by atoms with van der Waals surface area (Å²) in [5.74, 6) is -0.691. The van der Waals surface area contributed by atoms with Gasteiger partial charge in [-0.3, -0.25) is 4.40 Å². The van der Waals surface area contributed by atoms with Crippen LogP contribution in [0.4, 0.5) is 8.78 Å². The second-order valence-electron chi connectivity index (χ2n) is 4.76. The van der Waals surface area contributed by atoms with Gasteiger partial charge < -0.3 is 0 Å². The Kier molecular flexibility index (Phi) is 3.33. The van der Waals surface area contributed by atoms with Crippen LogP contribution in [-0.4, -0.2) is 19.6 Å². The number of hydrogen-bond acceptors (Lipinski definition) is 3. The second kappa shape index (κ2) is 5.04. The van der Waals surface area contributed by atoms with E-state index in [4.69, 9.17) is 11.6 Å². The molecule has 108 valence electrons. The van der Waals surface area contributed by atoms with Crippen molar-refractivity contribution in [2.45, 2.75) is 20.3 Å². The molecule has 0 aliphatic heterocycles. The number of benzene rings is 1.